The minimum absolute atomic E-state index is 1.43. The zero-order chi connectivity index (χ0) is 34.8. The molecule has 3 fully saturated rings. The van der Waals surface area contributed by atoms with Crippen LogP contribution < -0.4 is 0 Å². The molecule has 27 heteroatoms. The van der Waals surface area contributed by atoms with Crippen LogP contribution in [0.15, 0.2) is 0 Å². The van der Waals surface area contributed by atoms with Gasteiger partial charge in [-0.2, -0.15) is 0 Å². The van der Waals surface area contributed by atoms with E-state index in [1.807, 2.05) is 65.5 Å². The van der Waals surface area contributed by atoms with E-state index < -0.39 is 95.9 Å². The van der Waals surface area contributed by atoms with Gasteiger partial charge in [-0.25, -0.2) is 0 Å². The normalized spacial score (nSPS) is 43.3. The quantitative estimate of drug-likeness (QED) is 0.309. The molecule has 45 heavy (non-hydrogen) atoms. The summed E-state index contributed by atoms with van der Waals surface area (Å²) in [5.41, 5.74) is 0. The standard InChI is InChI=1S/C18H54O16Si11/c1-19-37(10,11)24-41(16)25-38(12,13)26-44(21-3)31-43(18)29-40(15,22-35(4,5)6)27-39(14,20-2)28-42(17,30-43)33-45(32-41,34-44)23-36(7,8)9/h1-18H3. The zero-order valence-electron chi connectivity index (χ0n) is 30.0. The Morgan fingerprint density at radius 3 is 1.36 bits per heavy atom. The second kappa shape index (κ2) is 13.1. The molecule has 0 amide bonds. The van der Waals surface area contributed by atoms with Gasteiger partial charge in [0.05, 0.1) is 0 Å². The number of rotatable bonds is 9. The van der Waals surface area contributed by atoms with Crippen LogP contribution in [-0.2, 0) is 66.8 Å². The summed E-state index contributed by atoms with van der Waals surface area (Å²) in [6.07, 6.45) is 0. The fourth-order valence-electron chi connectivity index (χ4n) is 5.04. The van der Waals surface area contributed by atoms with Crippen LogP contribution in [0, 0.1) is 0 Å². The highest BCUT2D eigenvalue weighted by Crippen LogP contribution is 2.44. The minimum Gasteiger partial charge on any atom is -0.417 e. The second-order valence-corrected chi connectivity index (χ2v) is 50.8. The molecule has 266 valence electrons. The highest BCUT2D eigenvalue weighted by atomic mass is 28.6. The van der Waals surface area contributed by atoms with Gasteiger partial charge in [-0.15, -0.1) is 0 Å². The lowest BCUT2D eigenvalue weighted by Gasteiger charge is -2.55. The molecule has 0 saturated carbocycles. The third-order valence-electron chi connectivity index (χ3n) is 5.93. The molecular formula is C18H54O16Si11. The molecule has 7 unspecified atom stereocenters. The van der Waals surface area contributed by atoms with E-state index in [1.165, 1.54) is 14.2 Å². The Kier molecular flexibility index (Phi) is 11.9. The van der Waals surface area contributed by atoms with E-state index in [1.54, 1.807) is 39.8 Å². The van der Waals surface area contributed by atoms with Crippen LogP contribution in [-0.4, -0.2) is 117 Å². The Morgan fingerprint density at radius 2 is 0.889 bits per heavy atom. The van der Waals surface area contributed by atoms with Crippen molar-refractivity contribution in [1.82, 2.24) is 0 Å². The van der Waals surface area contributed by atoms with Gasteiger partial charge < -0.3 is 66.8 Å². The van der Waals surface area contributed by atoms with Gasteiger partial charge in [0.1, 0.15) is 0 Å². The van der Waals surface area contributed by atoms with Crippen LogP contribution in [0.3, 0.4) is 0 Å². The SMILES string of the molecule is CO[Si](C)(C)O[Si]1(C)O[Si](C)(C)O[Si]2(OC)O[Si]3(C)O[Si](C)(O[Si](C)(C)C)O[Si](C)(OC)O[Si](C)(O3)O[Si](O[Si](C)(C)C)(O1)O2. The van der Waals surface area contributed by atoms with Gasteiger partial charge in [0.2, 0.25) is 0 Å². The van der Waals surface area contributed by atoms with E-state index in [0.717, 1.165) is 0 Å². The first-order valence-electron chi connectivity index (χ1n) is 14.6. The smallest absolute Gasteiger partial charge is 0.417 e. The fourth-order valence-corrected chi connectivity index (χ4v) is 53.9. The third-order valence-corrected chi connectivity index (χ3v) is 46.7. The van der Waals surface area contributed by atoms with Crippen molar-refractivity contribution in [2.24, 2.45) is 0 Å². The van der Waals surface area contributed by atoms with Crippen molar-refractivity contribution in [1.29, 1.82) is 0 Å². The first-order valence-corrected chi connectivity index (χ1v) is 41.5. The van der Waals surface area contributed by atoms with E-state index in [-0.39, 0.29) is 0 Å². The van der Waals surface area contributed by atoms with E-state index >= 15 is 0 Å². The van der Waals surface area contributed by atoms with Crippen LogP contribution in [0.1, 0.15) is 0 Å². The Morgan fingerprint density at radius 1 is 0.400 bits per heavy atom. The Bertz CT molecular complexity index is 1090. The van der Waals surface area contributed by atoms with Gasteiger partial charge in [-0.3, -0.25) is 0 Å². The van der Waals surface area contributed by atoms with Crippen molar-refractivity contribution in [3.8, 4) is 0 Å². The largest absolute Gasteiger partial charge is 0.657 e. The first-order chi connectivity index (χ1) is 19.9. The van der Waals surface area contributed by atoms with Crippen molar-refractivity contribution in [2.45, 2.75) is 98.2 Å². The molecule has 0 aromatic heterocycles. The van der Waals surface area contributed by atoms with Crippen LogP contribution >= 0.6 is 0 Å². The predicted octanol–water partition coefficient (Wildman–Crippen LogP) is 3.97. The summed E-state index contributed by atoms with van der Waals surface area (Å²) in [5.74, 6) is 0. The van der Waals surface area contributed by atoms with Crippen molar-refractivity contribution in [3.05, 3.63) is 0 Å². The summed E-state index contributed by atoms with van der Waals surface area (Å²) in [6.45, 7) is 28.1. The number of fused-ring (bicyclic) bond motifs is 4. The maximum atomic E-state index is 6.90. The highest BCUT2D eigenvalue weighted by molar-refractivity contribution is 6.98. The maximum Gasteiger partial charge on any atom is 0.657 e. The first kappa shape index (κ1) is 41.2. The molecule has 0 aromatic rings. The topological polar surface area (TPSA) is 148 Å². The highest BCUT2D eigenvalue weighted by Gasteiger charge is 2.77. The minimum atomic E-state index is -4.48. The van der Waals surface area contributed by atoms with Crippen LogP contribution in [0.25, 0.3) is 0 Å². The number of hydrogen-bond acceptors (Lipinski definition) is 16. The average molecular weight is 836 g/mol. The van der Waals surface area contributed by atoms with Crippen LogP contribution in [0.5, 0.6) is 0 Å². The fraction of sp³-hybridized carbons (Fsp3) is 1.00. The third kappa shape index (κ3) is 11.1. The van der Waals surface area contributed by atoms with E-state index in [4.69, 9.17) is 66.8 Å². The van der Waals surface area contributed by atoms with Crippen LogP contribution in [0.4, 0.5) is 0 Å². The maximum absolute atomic E-state index is 6.90. The van der Waals surface area contributed by atoms with E-state index in [9.17, 15) is 0 Å². The molecule has 16 nitrogen and oxygen atoms in total. The molecule has 0 N–H and O–H groups in total. The van der Waals surface area contributed by atoms with Gasteiger partial charge in [0, 0.05) is 54.1 Å². The van der Waals surface area contributed by atoms with Gasteiger partial charge in [-0.1, -0.05) is 0 Å². The molecule has 0 spiro atoms. The molecule has 0 aromatic carbocycles. The molecule has 3 rings (SSSR count). The van der Waals surface area contributed by atoms with Crippen molar-refractivity contribution in [3.63, 3.8) is 0 Å². The second-order valence-electron chi connectivity index (χ2n) is 14.3. The summed E-state index contributed by atoms with van der Waals surface area (Å²) < 4.78 is 105. The van der Waals surface area contributed by atoms with E-state index in [2.05, 4.69) is 0 Å². The average Bonchev–Trinajstić information content (AvgIpc) is 2.70. The van der Waals surface area contributed by atoms with Gasteiger partial charge >= 0.3 is 79.2 Å². The Hall–Kier alpha value is 1.75. The summed E-state index contributed by atoms with van der Waals surface area (Å²) in [6, 6.07) is 0. The molecule has 0 radical (unpaired) electrons. The molecule has 3 saturated heterocycles. The molecule has 7 atom stereocenters. The van der Waals surface area contributed by atoms with Gasteiger partial charge in [0.25, 0.3) is 0 Å². The molecule has 4 bridgehead atoms. The van der Waals surface area contributed by atoms with Crippen LogP contribution in [0.2, 0.25) is 98.2 Å². The zero-order valence-corrected chi connectivity index (χ0v) is 41.0. The Labute approximate surface area is 281 Å². The summed E-state index contributed by atoms with van der Waals surface area (Å²) in [4.78, 5) is 0. The number of hydrogen-bond donors (Lipinski definition) is 0. The van der Waals surface area contributed by atoms with Crippen molar-refractivity contribution in [2.75, 3.05) is 21.3 Å². The lowest BCUT2D eigenvalue weighted by atomic mass is 11.8. The predicted molar refractivity (Wildman–Crippen MR) is 186 cm³/mol. The molecule has 3 aliphatic rings. The lowest BCUT2D eigenvalue weighted by Crippen LogP contribution is -2.82. The summed E-state index contributed by atoms with van der Waals surface area (Å²) in [5, 5.41) is 0. The molecular weight excluding hydrogens is 781 g/mol. The van der Waals surface area contributed by atoms with E-state index in [0.29, 0.717) is 0 Å². The lowest BCUT2D eigenvalue weighted by molar-refractivity contribution is -0.0288. The van der Waals surface area contributed by atoms with Gasteiger partial charge in [-0.05, 0) is 65.5 Å². The Balaban J connectivity index is 2.31. The van der Waals surface area contributed by atoms with Crippen molar-refractivity contribution >= 4 is 95.9 Å². The molecule has 0 aliphatic carbocycles. The van der Waals surface area contributed by atoms with Gasteiger partial charge in [0.15, 0.2) is 16.6 Å². The van der Waals surface area contributed by atoms with Crippen molar-refractivity contribution < 1.29 is 66.8 Å². The molecule has 3 aliphatic heterocycles. The monoisotopic (exact) mass is 834 g/mol. The summed E-state index contributed by atoms with van der Waals surface area (Å²) in [7, 11) is -33.8. The molecule has 3 heterocycles. The summed E-state index contributed by atoms with van der Waals surface area (Å²) >= 11 is 0.